The van der Waals surface area contributed by atoms with Crippen LogP contribution >= 0.6 is 23.1 Å². The van der Waals surface area contributed by atoms with Crippen LogP contribution in [-0.2, 0) is 5.75 Å². The molecule has 7 nitrogen and oxygen atoms in total. The minimum Gasteiger partial charge on any atom is -0.493 e. The molecule has 4 rings (SSSR count). The molecule has 3 aromatic heterocycles. The molecule has 138 valence electrons. The number of rotatable bonds is 7. The lowest BCUT2D eigenvalue weighted by Gasteiger charge is -2.07. The lowest BCUT2D eigenvalue weighted by molar-refractivity contribution is 0.355. The fourth-order valence-electron chi connectivity index (χ4n) is 2.38. The van der Waals surface area contributed by atoms with Crippen molar-refractivity contribution in [1.29, 1.82) is 0 Å². The summed E-state index contributed by atoms with van der Waals surface area (Å²) in [6, 6.07) is 7.35. The standard InChI is InChI=1S/C18H15N3O4S2/c1-22-14-4-3-11(7-15(14)23-2)16-20-21-18(25-16)27-10-13-9-26-17(19-13)12-5-6-24-8-12/h3-9H,10H2,1-2H3. The molecule has 9 heteroatoms. The first-order valence-corrected chi connectivity index (χ1v) is 9.79. The SMILES string of the molecule is COc1ccc(-c2nnc(SCc3csc(-c4ccoc4)n3)o2)cc1OC. The first-order chi connectivity index (χ1) is 13.3. The number of benzene rings is 1. The second kappa shape index (κ2) is 7.85. The Morgan fingerprint density at radius 3 is 2.74 bits per heavy atom. The lowest BCUT2D eigenvalue weighted by Crippen LogP contribution is -1.90. The number of ether oxygens (including phenoxy) is 2. The van der Waals surface area contributed by atoms with Gasteiger partial charge in [-0.3, -0.25) is 0 Å². The first kappa shape index (κ1) is 17.6. The van der Waals surface area contributed by atoms with E-state index in [2.05, 4.69) is 15.2 Å². The van der Waals surface area contributed by atoms with Gasteiger partial charge in [-0.15, -0.1) is 21.5 Å². The molecule has 0 unspecified atom stereocenters. The van der Waals surface area contributed by atoms with E-state index in [4.69, 9.17) is 18.3 Å². The molecule has 0 aliphatic rings. The van der Waals surface area contributed by atoms with E-state index in [1.807, 2.05) is 17.5 Å². The Hall–Kier alpha value is -2.78. The number of furan rings is 1. The summed E-state index contributed by atoms with van der Waals surface area (Å²) in [5.74, 6) is 2.32. The van der Waals surface area contributed by atoms with Gasteiger partial charge >= 0.3 is 0 Å². The van der Waals surface area contributed by atoms with Gasteiger partial charge in [0.05, 0.1) is 26.2 Å². The Morgan fingerprint density at radius 1 is 1.07 bits per heavy atom. The molecule has 0 bridgehead atoms. The highest BCUT2D eigenvalue weighted by atomic mass is 32.2. The summed E-state index contributed by atoms with van der Waals surface area (Å²) in [5, 5.41) is 11.6. The van der Waals surface area contributed by atoms with E-state index < -0.39 is 0 Å². The van der Waals surface area contributed by atoms with E-state index in [-0.39, 0.29) is 0 Å². The number of methoxy groups -OCH3 is 2. The second-order valence-electron chi connectivity index (χ2n) is 5.39. The highest BCUT2D eigenvalue weighted by Crippen LogP contribution is 2.33. The van der Waals surface area contributed by atoms with Crippen LogP contribution in [0.15, 0.2) is 56.2 Å². The van der Waals surface area contributed by atoms with Crippen molar-refractivity contribution in [2.24, 2.45) is 0 Å². The van der Waals surface area contributed by atoms with Gasteiger partial charge in [-0.25, -0.2) is 4.98 Å². The predicted molar refractivity (Wildman–Crippen MR) is 102 cm³/mol. The third kappa shape index (κ3) is 3.83. The van der Waals surface area contributed by atoms with E-state index in [0.29, 0.717) is 28.4 Å². The molecular formula is C18H15N3O4S2. The maximum Gasteiger partial charge on any atom is 0.277 e. The van der Waals surface area contributed by atoms with Crippen molar-refractivity contribution in [3.8, 4) is 33.5 Å². The molecule has 0 saturated heterocycles. The van der Waals surface area contributed by atoms with Crippen molar-refractivity contribution in [2.75, 3.05) is 14.2 Å². The van der Waals surface area contributed by atoms with Gasteiger partial charge in [0.15, 0.2) is 11.5 Å². The Kier molecular flexibility index (Phi) is 5.12. The molecule has 0 fully saturated rings. The van der Waals surface area contributed by atoms with Crippen LogP contribution < -0.4 is 9.47 Å². The zero-order chi connectivity index (χ0) is 18.6. The van der Waals surface area contributed by atoms with E-state index in [0.717, 1.165) is 21.8 Å². The molecule has 0 saturated carbocycles. The monoisotopic (exact) mass is 401 g/mol. The molecule has 27 heavy (non-hydrogen) atoms. The summed E-state index contributed by atoms with van der Waals surface area (Å²) in [6.07, 6.45) is 3.32. The molecule has 0 N–H and O–H groups in total. The van der Waals surface area contributed by atoms with Gasteiger partial charge in [-0.2, -0.15) is 0 Å². The molecule has 0 aliphatic carbocycles. The van der Waals surface area contributed by atoms with E-state index >= 15 is 0 Å². The highest BCUT2D eigenvalue weighted by molar-refractivity contribution is 7.98. The lowest BCUT2D eigenvalue weighted by atomic mass is 10.2. The van der Waals surface area contributed by atoms with Crippen molar-refractivity contribution in [1.82, 2.24) is 15.2 Å². The first-order valence-electron chi connectivity index (χ1n) is 7.92. The highest BCUT2D eigenvalue weighted by Gasteiger charge is 2.13. The molecule has 0 spiro atoms. The van der Waals surface area contributed by atoms with Crippen molar-refractivity contribution in [3.05, 3.63) is 47.9 Å². The molecule has 0 aliphatic heterocycles. The van der Waals surface area contributed by atoms with Gasteiger partial charge in [-0.05, 0) is 24.3 Å². The number of thioether (sulfide) groups is 1. The van der Waals surface area contributed by atoms with Gasteiger partial charge in [0, 0.05) is 22.3 Å². The predicted octanol–water partition coefficient (Wildman–Crippen LogP) is 4.76. The Labute approximate surface area is 163 Å². The second-order valence-corrected chi connectivity index (χ2v) is 7.17. The van der Waals surface area contributed by atoms with Crippen LogP contribution in [0.4, 0.5) is 0 Å². The average molecular weight is 401 g/mol. The molecule has 3 heterocycles. The van der Waals surface area contributed by atoms with Crippen molar-refractivity contribution < 1.29 is 18.3 Å². The number of aromatic nitrogens is 3. The fourth-order valence-corrected chi connectivity index (χ4v) is 3.95. The molecule has 0 amide bonds. The summed E-state index contributed by atoms with van der Waals surface area (Å²) in [6.45, 7) is 0. The smallest absolute Gasteiger partial charge is 0.277 e. The Balaban J connectivity index is 1.44. The maximum absolute atomic E-state index is 5.75. The zero-order valence-corrected chi connectivity index (χ0v) is 16.2. The van der Waals surface area contributed by atoms with Crippen LogP contribution in [0.1, 0.15) is 5.69 Å². The van der Waals surface area contributed by atoms with E-state index in [1.165, 1.54) is 11.8 Å². The molecule has 4 aromatic rings. The minimum atomic E-state index is 0.427. The van der Waals surface area contributed by atoms with Crippen LogP contribution in [0.5, 0.6) is 11.5 Å². The molecular weight excluding hydrogens is 386 g/mol. The number of thiazole rings is 1. The summed E-state index contributed by atoms with van der Waals surface area (Å²) in [5.41, 5.74) is 2.69. The van der Waals surface area contributed by atoms with Crippen molar-refractivity contribution >= 4 is 23.1 Å². The summed E-state index contributed by atoms with van der Waals surface area (Å²) in [4.78, 5) is 4.59. The van der Waals surface area contributed by atoms with Crippen LogP contribution in [0.3, 0.4) is 0 Å². The minimum absolute atomic E-state index is 0.427. The van der Waals surface area contributed by atoms with Crippen molar-refractivity contribution in [2.45, 2.75) is 11.0 Å². The van der Waals surface area contributed by atoms with Gasteiger partial charge in [0.2, 0.25) is 5.89 Å². The number of hydrogen-bond donors (Lipinski definition) is 0. The van der Waals surface area contributed by atoms with Gasteiger partial charge < -0.3 is 18.3 Å². The normalized spacial score (nSPS) is 10.9. The summed E-state index contributed by atoms with van der Waals surface area (Å²) in [7, 11) is 3.18. The van der Waals surface area contributed by atoms with Crippen LogP contribution in [0.2, 0.25) is 0 Å². The Bertz CT molecular complexity index is 1030. The van der Waals surface area contributed by atoms with Crippen LogP contribution in [0.25, 0.3) is 22.0 Å². The summed E-state index contributed by atoms with van der Waals surface area (Å²) >= 11 is 3.02. The van der Waals surface area contributed by atoms with E-state index in [9.17, 15) is 0 Å². The topological polar surface area (TPSA) is 83.4 Å². The average Bonchev–Trinajstić information content (AvgIpc) is 3.46. The molecule has 1 aromatic carbocycles. The maximum atomic E-state index is 5.75. The van der Waals surface area contributed by atoms with Crippen LogP contribution in [0, 0.1) is 0 Å². The number of hydrogen-bond acceptors (Lipinski definition) is 9. The zero-order valence-electron chi connectivity index (χ0n) is 14.5. The molecule has 0 atom stereocenters. The van der Waals surface area contributed by atoms with Crippen LogP contribution in [-0.4, -0.2) is 29.4 Å². The summed E-state index contributed by atoms with van der Waals surface area (Å²) < 4.78 is 21.4. The Morgan fingerprint density at radius 2 is 1.96 bits per heavy atom. The fraction of sp³-hybridized carbons (Fsp3) is 0.167. The third-order valence-corrected chi connectivity index (χ3v) is 5.49. The largest absolute Gasteiger partial charge is 0.493 e. The van der Waals surface area contributed by atoms with Gasteiger partial charge in [0.25, 0.3) is 5.22 Å². The quantitative estimate of drug-likeness (QED) is 0.410. The van der Waals surface area contributed by atoms with Gasteiger partial charge in [-0.1, -0.05) is 11.8 Å². The van der Waals surface area contributed by atoms with E-state index in [1.54, 1.807) is 50.2 Å². The number of nitrogens with zero attached hydrogens (tertiary/aromatic N) is 3. The van der Waals surface area contributed by atoms with Gasteiger partial charge in [0.1, 0.15) is 11.3 Å². The van der Waals surface area contributed by atoms with Crippen molar-refractivity contribution in [3.63, 3.8) is 0 Å². The molecule has 0 radical (unpaired) electrons. The third-order valence-electron chi connectivity index (χ3n) is 3.70.